The molecule has 4 heteroatoms. The molecule has 1 rings (SSSR count). The van der Waals surface area contributed by atoms with Crippen molar-refractivity contribution in [2.24, 2.45) is 0 Å². The Hall–Kier alpha value is -1.48. The van der Waals surface area contributed by atoms with Gasteiger partial charge in [0.15, 0.2) is 0 Å². The Kier molecular flexibility index (Phi) is 3.74. The van der Waals surface area contributed by atoms with Gasteiger partial charge in [0.2, 0.25) is 0 Å². The van der Waals surface area contributed by atoms with E-state index in [-0.39, 0.29) is 5.56 Å². The van der Waals surface area contributed by atoms with Crippen LogP contribution >= 0.6 is 11.6 Å². The first kappa shape index (κ1) is 11.6. The summed E-state index contributed by atoms with van der Waals surface area (Å²) in [5, 5.41) is 12.3. The number of hydrogen-bond acceptors (Lipinski definition) is 2. The second-order valence-corrected chi connectivity index (χ2v) is 3.76. The molecule has 0 atom stereocenters. The number of benzene rings is 1. The fourth-order valence-corrected chi connectivity index (χ4v) is 1.25. The number of rotatable bonds is 4. The van der Waals surface area contributed by atoms with Crippen LogP contribution in [0.25, 0.3) is 0 Å². The minimum Gasteiger partial charge on any atom is -0.478 e. The minimum atomic E-state index is -0.960. The first-order valence-corrected chi connectivity index (χ1v) is 4.79. The van der Waals surface area contributed by atoms with Crippen LogP contribution in [-0.2, 0) is 0 Å². The van der Waals surface area contributed by atoms with Gasteiger partial charge < -0.3 is 10.4 Å². The van der Waals surface area contributed by atoms with Gasteiger partial charge in [-0.2, -0.15) is 0 Å². The topological polar surface area (TPSA) is 49.3 Å². The molecule has 0 radical (unpaired) electrons. The van der Waals surface area contributed by atoms with Crippen molar-refractivity contribution < 1.29 is 9.90 Å². The lowest BCUT2D eigenvalue weighted by atomic mass is 10.1. The van der Waals surface area contributed by atoms with Gasteiger partial charge in [-0.15, -0.1) is 0 Å². The normalized spacial score (nSPS) is 9.73. The highest BCUT2D eigenvalue weighted by Gasteiger charge is 2.09. The van der Waals surface area contributed by atoms with E-state index in [1.165, 1.54) is 0 Å². The maximum Gasteiger partial charge on any atom is 0.337 e. The Morgan fingerprint density at radius 2 is 2.27 bits per heavy atom. The van der Waals surface area contributed by atoms with Gasteiger partial charge in [-0.05, 0) is 24.6 Å². The molecular formula is C11H12ClNO2. The van der Waals surface area contributed by atoms with Crippen molar-refractivity contribution in [2.45, 2.75) is 6.92 Å². The second kappa shape index (κ2) is 4.84. The molecule has 80 valence electrons. The molecule has 0 aromatic heterocycles. The van der Waals surface area contributed by atoms with Crippen molar-refractivity contribution in [1.82, 2.24) is 0 Å². The fraction of sp³-hybridized carbons (Fsp3) is 0.182. The summed E-state index contributed by atoms with van der Waals surface area (Å²) in [5.74, 6) is -0.960. The third-order valence-corrected chi connectivity index (χ3v) is 2.01. The van der Waals surface area contributed by atoms with Gasteiger partial charge in [0.05, 0.1) is 12.1 Å². The number of hydrogen-bond donors (Lipinski definition) is 2. The molecule has 0 saturated heterocycles. The Labute approximate surface area is 93.4 Å². The number of aromatic carboxylic acids is 1. The van der Waals surface area contributed by atoms with Gasteiger partial charge in [0.1, 0.15) is 0 Å². The van der Waals surface area contributed by atoms with Crippen LogP contribution in [0.5, 0.6) is 0 Å². The average Bonchev–Trinajstić information content (AvgIpc) is 2.14. The van der Waals surface area contributed by atoms with Crippen LogP contribution in [0.3, 0.4) is 0 Å². The summed E-state index contributed by atoms with van der Waals surface area (Å²) in [6.07, 6.45) is 0. The number of aryl methyl sites for hydroxylation is 1. The van der Waals surface area contributed by atoms with E-state index in [0.29, 0.717) is 17.3 Å². The van der Waals surface area contributed by atoms with Crippen LogP contribution in [0.15, 0.2) is 29.8 Å². The molecule has 0 heterocycles. The Bertz CT molecular complexity index is 402. The lowest BCUT2D eigenvalue weighted by Crippen LogP contribution is -2.07. The summed E-state index contributed by atoms with van der Waals surface area (Å²) >= 11 is 5.59. The van der Waals surface area contributed by atoms with E-state index >= 15 is 0 Å². The number of anilines is 1. The molecule has 0 aliphatic heterocycles. The van der Waals surface area contributed by atoms with E-state index in [1.807, 2.05) is 6.92 Å². The largest absolute Gasteiger partial charge is 0.478 e. The monoisotopic (exact) mass is 225 g/mol. The maximum absolute atomic E-state index is 10.9. The Morgan fingerprint density at radius 3 is 2.80 bits per heavy atom. The van der Waals surface area contributed by atoms with Gasteiger partial charge in [0, 0.05) is 10.7 Å². The summed E-state index contributed by atoms with van der Waals surface area (Å²) < 4.78 is 0. The predicted molar refractivity (Wildman–Crippen MR) is 61.6 cm³/mol. The third kappa shape index (κ3) is 3.29. The molecule has 0 fully saturated rings. The summed E-state index contributed by atoms with van der Waals surface area (Å²) in [5.41, 5.74) is 1.78. The van der Waals surface area contributed by atoms with Crippen molar-refractivity contribution in [3.63, 3.8) is 0 Å². The van der Waals surface area contributed by atoms with Crippen LogP contribution in [0, 0.1) is 6.92 Å². The zero-order valence-corrected chi connectivity index (χ0v) is 9.14. The van der Waals surface area contributed by atoms with E-state index < -0.39 is 5.97 Å². The lowest BCUT2D eigenvalue weighted by Gasteiger charge is -2.09. The van der Waals surface area contributed by atoms with Crippen LogP contribution < -0.4 is 5.32 Å². The maximum atomic E-state index is 10.9. The standard InChI is InChI=1S/C11H12ClNO2/c1-7-3-4-9(11(14)15)10(5-7)13-6-8(2)12/h3-5,13H,2,6H2,1H3,(H,14,15). The molecule has 2 N–H and O–H groups in total. The molecule has 0 aliphatic carbocycles. The third-order valence-electron chi connectivity index (χ3n) is 1.88. The quantitative estimate of drug-likeness (QED) is 0.829. The number of nitrogens with one attached hydrogen (secondary N) is 1. The molecule has 0 amide bonds. The highest BCUT2D eigenvalue weighted by molar-refractivity contribution is 6.29. The molecule has 0 unspecified atom stereocenters. The van der Waals surface area contributed by atoms with Crippen LogP contribution in [0.2, 0.25) is 0 Å². The van der Waals surface area contributed by atoms with E-state index in [2.05, 4.69) is 11.9 Å². The Morgan fingerprint density at radius 1 is 1.60 bits per heavy atom. The second-order valence-electron chi connectivity index (χ2n) is 3.23. The first-order chi connectivity index (χ1) is 7.00. The molecule has 15 heavy (non-hydrogen) atoms. The highest BCUT2D eigenvalue weighted by Crippen LogP contribution is 2.18. The first-order valence-electron chi connectivity index (χ1n) is 4.42. The van der Waals surface area contributed by atoms with Crippen molar-refractivity contribution >= 4 is 23.3 Å². The number of halogens is 1. The molecule has 1 aromatic rings. The van der Waals surface area contributed by atoms with E-state index in [9.17, 15) is 4.79 Å². The van der Waals surface area contributed by atoms with Gasteiger partial charge in [0.25, 0.3) is 0 Å². The van der Waals surface area contributed by atoms with Crippen molar-refractivity contribution in [3.05, 3.63) is 40.9 Å². The van der Waals surface area contributed by atoms with Crippen molar-refractivity contribution in [2.75, 3.05) is 11.9 Å². The molecule has 0 saturated carbocycles. The summed E-state index contributed by atoms with van der Waals surface area (Å²) in [6.45, 7) is 5.77. The smallest absolute Gasteiger partial charge is 0.337 e. The van der Waals surface area contributed by atoms with Crippen LogP contribution in [-0.4, -0.2) is 17.6 Å². The summed E-state index contributed by atoms with van der Waals surface area (Å²) in [4.78, 5) is 10.9. The molecular weight excluding hydrogens is 214 g/mol. The summed E-state index contributed by atoms with van der Waals surface area (Å²) in [6, 6.07) is 5.09. The van der Waals surface area contributed by atoms with Crippen molar-refractivity contribution in [3.8, 4) is 0 Å². The fourth-order valence-electron chi connectivity index (χ4n) is 1.18. The van der Waals surface area contributed by atoms with E-state index in [1.54, 1.807) is 18.2 Å². The van der Waals surface area contributed by atoms with Crippen LogP contribution in [0.1, 0.15) is 15.9 Å². The van der Waals surface area contributed by atoms with Gasteiger partial charge in [-0.3, -0.25) is 0 Å². The number of carboxylic acid groups (broad SMARTS) is 1. The average molecular weight is 226 g/mol. The molecule has 0 spiro atoms. The number of carboxylic acids is 1. The zero-order valence-electron chi connectivity index (χ0n) is 8.38. The zero-order chi connectivity index (χ0) is 11.4. The van der Waals surface area contributed by atoms with E-state index in [4.69, 9.17) is 16.7 Å². The predicted octanol–water partition coefficient (Wildman–Crippen LogP) is 2.86. The van der Waals surface area contributed by atoms with E-state index in [0.717, 1.165) is 5.56 Å². The molecule has 0 aliphatic rings. The molecule has 3 nitrogen and oxygen atoms in total. The Balaban J connectivity index is 2.96. The minimum absolute atomic E-state index is 0.235. The number of carbonyl (C=O) groups is 1. The highest BCUT2D eigenvalue weighted by atomic mass is 35.5. The van der Waals surface area contributed by atoms with Crippen LogP contribution in [0.4, 0.5) is 5.69 Å². The van der Waals surface area contributed by atoms with Gasteiger partial charge in [-0.1, -0.05) is 24.2 Å². The SMILES string of the molecule is C=C(Cl)CNc1cc(C)ccc1C(=O)O. The van der Waals surface area contributed by atoms with Gasteiger partial charge >= 0.3 is 5.97 Å². The van der Waals surface area contributed by atoms with Crippen molar-refractivity contribution in [1.29, 1.82) is 0 Å². The molecule has 1 aromatic carbocycles. The lowest BCUT2D eigenvalue weighted by molar-refractivity contribution is 0.0698. The summed E-state index contributed by atoms with van der Waals surface area (Å²) in [7, 11) is 0. The van der Waals surface area contributed by atoms with Gasteiger partial charge in [-0.25, -0.2) is 4.79 Å². The molecule has 0 bridgehead atoms.